The van der Waals surface area contributed by atoms with Crippen molar-refractivity contribution in [3.05, 3.63) is 53.9 Å². The zero-order chi connectivity index (χ0) is 30.1. The minimum atomic E-state index is -0.436. The molecule has 3 aromatic heterocycles. The highest BCUT2D eigenvalue weighted by Crippen LogP contribution is 2.19. The van der Waals surface area contributed by atoms with E-state index < -0.39 is 11.8 Å². The maximum atomic E-state index is 13.0. The number of aromatic nitrogens is 3. The molecule has 0 spiro atoms. The van der Waals surface area contributed by atoms with E-state index in [2.05, 4.69) is 21.3 Å². The van der Waals surface area contributed by atoms with Gasteiger partial charge in [0.25, 0.3) is 17.7 Å². The van der Waals surface area contributed by atoms with Crippen molar-refractivity contribution >= 4 is 82.6 Å². The third-order valence-electron chi connectivity index (χ3n) is 6.19. The van der Waals surface area contributed by atoms with Gasteiger partial charge in [-0.25, -0.2) is 0 Å². The second kappa shape index (κ2) is 15.9. The lowest BCUT2D eigenvalue weighted by Gasteiger charge is -2.23. The molecule has 0 unspecified atom stereocenters. The summed E-state index contributed by atoms with van der Waals surface area (Å²) in [5, 5.41) is 19.0. The number of alkyl halides is 2. The highest BCUT2D eigenvalue weighted by Gasteiger charge is 2.19. The fourth-order valence-corrected chi connectivity index (χ4v) is 4.58. The summed E-state index contributed by atoms with van der Waals surface area (Å²) in [6.45, 7) is 1.26. The minimum Gasteiger partial charge on any atom is -0.358 e. The summed E-state index contributed by atoms with van der Waals surface area (Å²) in [6.07, 6.45) is 5.66. The molecule has 0 bridgehead atoms. The molecule has 3 heterocycles. The number of amides is 4. The Morgan fingerprint density at radius 1 is 0.810 bits per heavy atom. The molecule has 0 atom stereocenters. The molecule has 0 aliphatic carbocycles. The van der Waals surface area contributed by atoms with Crippen LogP contribution >= 0.6 is 35.6 Å². The summed E-state index contributed by atoms with van der Waals surface area (Å²) in [6, 6.07) is 4.62. The molecule has 0 fully saturated rings. The van der Waals surface area contributed by atoms with E-state index in [0.29, 0.717) is 72.0 Å². The number of halogens is 3. The lowest BCUT2D eigenvalue weighted by atomic mass is 10.3. The molecule has 16 heteroatoms. The van der Waals surface area contributed by atoms with Gasteiger partial charge >= 0.3 is 0 Å². The Balaban J connectivity index is 0.00000616. The first kappa shape index (κ1) is 34.3. The molecule has 3 aromatic rings. The van der Waals surface area contributed by atoms with Gasteiger partial charge in [0.2, 0.25) is 6.41 Å². The highest BCUT2D eigenvalue weighted by molar-refractivity contribution is 6.18. The van der Waals surface area contributed by atoms with Gasteiger partial charge in [-0.2, -0.15) is 0 Å². The predicted molar refractivity (Wildman–Crippen MR) is 167 cm³/mol. The number of carbonyl (C=O) groups excluding carboxylic acids is 4. The highest BCUT2D eigenvalue weighted by atomic mass is 35.5. The Kier molecular flexibility index (Phi) is 13.0. The SMILES string of the molecule is Cl.Cn1cc(NC(=O)c2cc(NC(=O)c3cc(NC=O)cn3C)cn2C)cc1C(=O)NCCC(=N)N(CCCl)CCCl. The van der Waals surface area contributed by atoms with Crippen molar-refractivity contribution in [2.45, 2.75) is 6.42 Å². The van der Waals surface area contributed by atoms with Crippen LogP contribution in [-0.2, 0) is 25.9 Å². The Morgan fingerprint density at radius 2 is 1.24 bits per heavy atom. The Morgan fingerprint density at radius 3 is 1.69 bits per heavy atom. The summed E-state index contributed by atoms with van der Waals surface area (Å²) in [4.78, 5) is 50.9. The van der Waals surface area contributed by atoms with Crippen molar-refractivity contribution in [1.29, 1.82) is 5.41 Å². The summed E-state index contributed by atoms with van der Waals surface area (Å²) >= 11 is 11.6. The zero-order valence-corrected chi connectivity index (χ0v) is 25.7. The Hall–Kier alpha value is -3.94. The van der Waals surface area contributed by atoms with E-state index in [0.717, 1.165) is 0 Å². The number of hydrogen-bond acceptors (Lipinski definition) is 5. The van der Waals surface area contributed by atoms with Gasteiger partial charge in [-0.15, -0.1) is 35.6 Å². The van der Waals surface area contributed by atoms with E-state index in [1.807, 2.05) is 0 Å². The van der Waals surface area contributed by atoms with Crippen LogP contribution in [0, 0.1) is 5.41 Å². The second-order valence-electron chi connectivity index (χ2n) is 9.16. The topological polar surface area (TPSA) is 158 Å². The van der Waals surface area contributed by atoms with Crippen LogP contribution in [-0.4, -0.2) is 80.0 Å². The number of rotatable bonds is 14. The number of nitrogens with one attached hydrogen (secondary N) is 5. The van der Waals surface area contributed by atoms with Crippen molar-refractivity contribution in [2.24, 2.45) is 21.1 Å². The van der Waals surface area contributed by atoms with Crippen molar-refractivity contribution in [3.63, 3.8) is 0 Å². The van der Waals surface area contributed by atoms with Crippen molar-refractivity contribution in [3.8, 4) is 0 Å². The van der Waals surface area contributed by atoms with E-state index in [1.165, 1.54) is 12.1 Å². The third kappa shape index (κ3) is 8.78. The molecule has 13 nitrogen and oxygen atoms in total. The van der Waals surface area contributed by atoms with Crippen LogP contribution in [0.5, 0.6) is 0 Å². The van der Waals surface area contributed by atoms with Gasteiger partial charge < -0.3 is 39.9 Å². The van der Waals surface area contributed by atoms with Gasteiger partial charge in [0.15, 0.2) is 0 Å². The number of nitrogens with zero attached hydrogens (tertiary/aromatic N) is 4. The maximum absolute atomic E-state index is 13.0. The second-order valence-corrected chi connectivity index (χ2v) is 9.92. The van der Waals surface area contributed by atoms with Crippen LogP contribution in [0.15, 0.2) is 36.8 Å². The molecule has 0 saturated heterocycles. The largest absolute Gasteiger partial charge is 0.358 e. The van der Waals surface area contributed by atoms with E-state index in [4.69, 9.17) is 28.6 Å². The van der Waals surface area contributed by atoms with Crippen LogP contribution in [0.1, 0.15) is 37.9 Å². The molecule has 0 aliphatic rings. The van der Waals surface area contributed by atoms with Crippen LogP contribution in [0.4, 0.5) is 17.1 Å². The van der Waals surface area contributed by atoms with Gasteiger partial charge in [-0.1, -0.05) is 0 Å². The lowest BCUT2D eigenvalue weighted by Crippen LogP contribution is -2.36. The first-order chi connectivity index (χ1) is 19.6. The average Bonchev–Trinajstić information content (AvgIpc) is 3.59. The van der Waals surface area contributed by atoms with E-state index in [9.17, 15) is 19.2 Å². The Bertz CT molecular complexity index is 1420. The van der Waals surface area contributed by atoms with Crippen LogP contribution in [0.3, 0.4) is 0 Å². The molecule has 42 heavy (non-hydrogen) atoms. The number of amidine groups is 1. The maximum Gasteiger partial charge on any atom is 0.272 e. The van der Waals surface area contributed by atoms with E-state index in [1.54, 1.807) is 64.4 Å². The molecular formula is C26H34Cl3N9O4. The average molecular weight is 643 g/mol. The molecule has 0 aromatic carbocycles. The standard InChI is InChI=1S/C26H33Cl2N9O4.ClH/c1-34-13-17(31-16-38)10-21(34)25(40)33-19-12-22(36(3)15-19)26(41)32-18-11-20(35(2)14-18)24(39)30-7-4-23(29)37(8-5-27)9-6-28;/h10-16,29H,4-9H2,1-3H3,(H,30,39)(H,31,38)(H,32,41)(H,33,40);1H. The van der Waals surface area contributed by atoms with Gasteiger partial charge in [-0.3, -0.25) is 24.6 Å². The van der Waals surface area contributed by atoms with Gasteiger partial charge in [0, 0.05) is 77.5 Å². The molecule has 4 amide bonds. The van der Waals surface area contributed by atoms with E-state index in [-0.39, 0.29) is 30.6 Å². The minimum absolute atomic E-state index is 0. The molecular weight excluding hydrogens is 609 g/mol. The molecule has 0 aliphatic heterocycles. The van der Waals surface area contributed by atoms with Gasteiger partial charge in [0.1, 0.15) is 17.1 Å². The number of carbonyl (C=O) groups is 4. The summed E-state index contributed by atoms with van der Waals surface area (Å²) < 4.78 is 4.73. The number of aryl methyl sites for hydroxylation is 3. The van der Waals surface area contributed by atoms with E-state index >= 15 is 0 Å². The third-order valence-corrected chi connectivity index (χ3v) is 6.53. The fraction of sp³-hybridized carbons (Fsp3) is 0.346. The fourth-order valence-electron chi connectivity index (χ4n) is 4.17. The van der Waals surface area contributed by atoms with Crippen LogP contribution < -0.4 is 21.3 Å². The number of anilines is 3. The predicted octanol–water partition coefficient (Wildman–Crippen LogP) is 3.07. The summed E-state index contributed by atoms with van der Waals surface area (Å²) in [5.74, 6) is -0.112. The van der Waals surface area contributed by atoms with Crippen LogP contribution in [0.25, 0.3) is 0 Å². The quantitative estimate of drug-likeness (QED) is 0.0790. The molecule has 228 valence electrons. The monoisotopic (exact) mass is 641 g/mol. The zero-order valence-electron chi connectivity index (χ0n) is 23.4. The van der Waals surface area contributed by atoms with Gasteiger partial charge in [-0.05, 0) is 18.2 Å². The van der Waals surface area contributed by atoms with Crippen LogP contribution in [0.2, 0.25) is 0 Å². The molecule has 3 rings (SSSR count). The number of hydrogen-bond donors (Lipinski definition) is 5. The first-order valence-corrected chi connectivity index (χ1v) is 13.7. The van der Waals surface area contributed by atoms with Crippen molar-refractivity contribution < 1.29 is 19.2 Å². The van der Waals surface area contributed by atoms with Crippen molar-refractivity contribution in [1.82, 2.24) is 23.9 Å². The molecule has 5 N–H and O–H groups in total. The lowest BCUT2D eigenvalue weighted by molar-refractivity contribution is -0.105. The van der Waals surface area contributed by atoms with Crippen molar-refractivity contribution in [2.75, 3.05) is 47.3 Å². The Labute approximate surface area is 259 Å². The normalized spacial score (nSPS) is 10.4. The summed E-state index contributed by atoms with van der Waals surface area (Å²) in [5.41, 5.74) is 2.23. The molecule has 0 saturated carbocycles. The summed E-state index contributed by atoms with van der Waals surface area (Å²) in [7, 11) is 5.03. The smallest absolute Gasteiger partial charge is 0.272 e. The van der Waals surface area contributed by atoms with Gasteiger partial charge in [0.05, 0.1) is 22.9 Å². The first-order valence-electron chi connectivity index (χ1n) is 12.6. The molecule has 0 radical (unpaired) electrons.